The topological polar surface area (TPSA) is 104 Å². The van der Waals surface area contributed by atoms with Gasteiger partial charge in [0.05, 0.1) is 0 Å². The molecule has 0 spiro atoms. The Bertz CT molecular complexity index is 679. The molecule has 0 saturated heterocycles. The van der Waals surface area contributed by atoms with E-state index in [9.17, 15) is 0 Å². The lowest BCUT2D eigenvalue weighted by Crippen LogP contribution is -2.02. The zero-order valence-electron chi connectivity index (χ0n) is 14.8. The Hall–Kier alpha value is -1.66. The molecule has 0 bridgehead atoms. The van der Waals surface area contributed by atoms with Crippen LogP contribution in [0.2, 0.25) is 0 Å². The van der Waals surface area contributed by atoms with Crippen LogP contribution in [0.15, 0.2) is 12.1 Å². The molecule has 0 amide bonds. The number of hydrogen-bond acceptors (Lipinski definition) is 6. The number of benzene rings is 2. The molecule has 6 heteroatoms. The lowest BCUT2D eigenvalue weighted by Gasteiger charge is -2.11. The summed E-state index contributed by atoms with van der Waals surface area (Å²) >= 11 is 8.38. The van der Waals surface area contributed by atoms with E-state index in [0.29, 0.717) is 11.5 Å². The molecule has 8 N–H and O–H groups in total. The highest BCUT2D eigenvalue weighted by atomic mass is 32.1. The minimum absolute atomic E-state index is 0.661. The van der Waals surface area contributed by atoms with Crippen LogP contribution in [-0.4, -0.2) is 0 Å². The van der Waals surface area contributed by atoms with E-state index in [4.69, 9.17) is 22.9 Å². The van der Waals surface area contributed by atoms with E-state index < -0.39 is 0 Å². The molecule has 0 aliphatic heterocycles. The summed E-state index contributed by atoms with van der Waals surface area (Å²) in [7, 11) is 0. The van der Waals surface area contributed by atoms with Crippen molar-refractivity contribution in [3.8, 4) is 0 Å². The number of hydrogen-bond donors (Lipinski definition) is 6. The minimum atomic E-state index is 0.661. The quantitative estimate of drug-likeness (QED) is 0.360. The number of nitrogen functional groups attached to an aromatic ring is 4. The van der Waals surface area contributed by atoms with Gasteiger partial charge in [-0.05, 0) is 61.1 Å². The van der Waals surface area contributed by atoms with Crippen molar-refractivity contribution in [1.29, 1.82) is 0 Å². The van der Waals surface area contributed by atoms with Crippen LogP contribution in [-0.2, 0) is 11.5 Å². The van der Waals surface area contributed by atoms with Crippen molar-refractivity contribution in [3.63, 3.8) is 0 Å². The zero-order valence-corrected chi connectivity index (χ0v) is 16.6. The van der Waals surface area contributed by atoms with Gasteiger partial charge in [-0.25, -0.2) is 0 Å². The van der Waals surface area contributed by atoms with Crippen molar-refractivity contribution in [2.75, 3.05) is 22.9 Å². The molecule has 0 unspecified atom stereocenters. The van der Waals surface area contributed by atoms with E-state index in [0.717, 1.165) is 56.1 Å². The predicted octanol–water partition coefficient (Wildman–Crippen LogP) is 3.80. The Balaban J connectivity index is 0.000000240. The Morgan fingerprint density at radius 3 is 1.17 bits per heavy atom. The van der Waals surface area contributed by atoms with Crippen molar-refractivity contribution in [2.45, 2.75) is 39.2 Å². The van der Waals surface area contributed by atoms with E-state index in [1.165, 1.54) is 0 Å². The van der Waals surface area contributed by atoms with Gasteiger partial charge in [0.2, 0.25) is 0 Å². The van der Waals surface area contributed by atoms with Crippen molar-refractivity contribution in [3.05, 3.63) is 45.5 Å². The summed E-state index contributed by atoms with van der Waals surface area (Å²) in [5, 5.41) is 0. The second-order valence-corrected chi connectivity index (χ2v) is 6.56. The molecule has 2 aromatic rings. The lowest BCUT2D eigenvalue weighted by molar-refractivity contribution is 1.31. The van der Waals surface area contributed by atoms with Gasteiger partial charge < -0.3 is 22.9 Å². The molecule has 0 radical (unpaired) electrons. The SMILES string of the molecule is Cc1cc(CS)c(N)c(C)c1N.Cc1cc(CS)c(N)c(C)c1N. The number of nitrogens with two attached hydrogens (primary N) is 4. The molecule has 4 nitrogen and oxygen atoms in total. The summed E-state index contributed by atoms with van der Waals surface area (Å²) in [5.74, 6) is 1.32. The molecule has 0 saturated carbocycles. The molecular weight excluding hydrogens is 336 g/mol. The summed E-state index contributed by atoms with van der Waals surface area (Å²) in [6.45, 7) is 7.83. The summed E-state index contributed by atoms with van der Waals surface area (Å²) in [5.41, 5.74) is 32.6. The van der Waals surface area contributed by atoms with Gasteiger partial charge in [-0.1, -0.05) is 12.1 Å². The second kappa shape index (κ2) is 8.44. The normalized spacial score (nSPS) is 10.2. The monoisotopic (exact) mass is 364 g/mol. The summed E-state index contributed by atoms with van der Waals surface area (Å²) in [6.07, 6.45) is 0. The van der Waals surface area contributed by atoms with Crippen molar-refractivity contribution < 1.29 is 0 Å². The van der Waals surface area contributed by atoms with Gasteiger partial charge in [0.1, 0.15) is 0 Å². The zero-order chi connectivity index (χ0) is 18.6. The Morgan fingerprint density at radius 1 is 0.625 bits per heavy atom. The van der Waals surface area contributed by atoms with Gasteiger partial charge in [0, 0.05) is 34.3 Å². The van der Waals surface area contributed by atoms with E-state index in [-0.39, 0.29) is 0 Å². The summed E-state index contributed by atoms with van der Waals surface area (Å²) in [4.78, 5) is 0. The molecule has 0 aliphatic rings. The molecule has 0 aliphatic carbocycles. The van der Waals surface area contributed by atoms with Crippen LogP contribution in [0, 0.1) is 27.7 Å². The second-order valence-electron chi connectivity index (χ2n) is 5.93. The van der Waals surface area contributed by atoms with E-state index >= 15 is 0 Å². The fourth-order valence-corrected chi connectivity index (χ4v) is 2.98. The average molecular weight is 365 g/mol. The Labute approximate surface area is 155 Å². The third kappa shape index (κ3) is 4.24. The van der Waals surface area contributed by atoms with E-state index in [2.05, 4.69) is 25.3 Å². The Morgan fingerprint density at radius 2 is 0.917 bits per heavy atom. The van der Waals surface area contributed by atoms with Crippen LogP contribution < -0.4 is 22.9 Å². The largest absolute Gasteiger partial charge is 0.398 e. The fourth-order valence-electron chi connectivity index (χ4n) is 2.46. The minimum Gasteiger partial charge on any atom is -0.398 e. The molecular formula is C18H28N4S2. The third-order valence-electron chi connectivity index (χ3n) is 4.28. The number of thiol groups is 2. The lowest BCUT2D eigenvalue weighted by atomic mass is 10.0. The summed E-state index contributed by atoms with van der Waals surface area (Å²) < 4.78 is 0. The predicted molar refractivity (Wildman–Crippen MR) is 115 cm³/mol. The van der Waals surface area contributed by atoms with Crippen molar-refractivity contribution in [1.82, 2.24) is 0 Å². The first-order valence-electron chi connectivity index (χ1n) is 7.65. The fraction of sp³-hybridized carbons (Fsp3) is 0.333. The van der Waals surface area contributed by atoms with Crippen LogP contribution in [0.25, 0.3) is 0 Å². The van der Waals surface area contributed by atoms with Gasteiger partial charge in [-0.15, -0.1) is 0 Å². The van der Waals surface area contributed by atoms with Crippen LogP contribution in [0.5, 0.6) is 0 Å². The number of anilines is 4. The highest BCUT2D eigenvalue weighted by Gasteiger charge is 2.07. The molecule has 0 heterocycles. The highest BCUT2D eigenvalue weighted by molar-refractivity contribution is 7.79. The van der Waals surface area contributed by atoms with Gasteiger partial charge in [-0.3, -0.25) is 0 Å². The van der Waals surface area contributed by atoms with Crippen molar-refractivity contribution in [2.24, 2.45) is 0 Å². The maximum Gasteiger partial charge on any atom is 0.0405 e. The maximum atomic E-state index is 5.83. The number of aryl methyl sites for hydroxylation is 2. The third-order valence-corrected chi connectivity index (χ3v) is 4.96. The first-order chi connectivity index (χ1) is 11.1. The van der Waals surface area contributed by atoms with Crippen molar-refractivity contribution >= 4 is 48.0 Å². The van der Waals surface area contributed by atoms with Crippen LogP contribution in [0.4, 0.5) is 22.7 Å². The molecule has 0 atom stereocenters. The standard InChI is InChI=1S/2C9H14N2S/c2*1-5-3-7(4-12)9(11)6(2)8(5)10/h2*3,12H,4,10-11H2,1-2H3. The molecule has 0 aromatic heterocycles. The van der Waals surface area contributed by atoms with Crippen LogP contribution >= 0.6 is 25.3 Å². The highest BCUT2D eigenvalue weighted by Crippen LogP contribution is 2.28. The van der Waals surface area contributed by atoms with Gasteiger partial charge in [0.15, 0.2) is 0 Å². The molecule has 24 heavy (non-hydrogen) atoms. The smallest absolute Gasteiger partial charge is 0.0405 e. The molecule has 2 rings (SSSR count). The first-order valence-corrected chi connectivity index (χ1v) is 8.91. The maximum absolute atomic E-state index is 5.83. The van der Waals surface area contributed by atoms with E-state index in [1.807, 2.05) is 39.8 Å². The molecule has 0 fully saturated rings. The Kier molecular flexibility index (Phi) is 7.17. The molecule has 132 valence electrons. The van der Waals surface area contributed by atoms with Gasteiger partial charge in [0.25, 0.3) is 0 Å². The van der Waals surface area contributed by atoms with E-state index in [1.54, 1.807) is 0 Å². The number of rotatable bonds is 2. The molecule has 2 aromatic carbocycles. The van der Waals surface area contributed by atoms with Gasteiger partial charge in [-0.2, -0.15) is 25.3 Å². The average Bonchev–Trinajstić information content (AvgIpc) is 2.58. The summed E-state index contributed by atoms with van der Waals surface area (Å²) in [6, 6.07) is 3.98. The van der Waals surface area contributed by atoms with Gasteiger partial charge >= 0.3 is 0 Å². The van der Waals surface area contributed by atoms with Crippen LogP contribution in [0.3, 0.4) is 0 Å². The van der Waals surface area contributed by atoms with Crippen LogP contribution in [0.1, 0.15) is 33.4 Å². The first kappa shape index (κ1) is 20.4.